The lowest BCUT2D eigenvalue weighted by molar-refractivity contribution is 0.0697. The van der Waals surface area contributed by atoms with E-state index in [1.807, 2.05) is 42.6 Å². The average Bonchev–Trinajstić information content (AvgIpc) is 3.30. The number of carboxylic acids is 1. The van der Waals surface area contributed by atoms with Crippen LogP contribution < -0.4 is 11.4 Å². The van der Waals surface area contributed by atoms with Gasteiger partial charge in [0, 0.05) is 18.3 Å². The molecule has 0 fully saturated rings. The number of unbranched alkanes of at least 4 members (excludes halogenated alkanes) is 1. The molecule has 0 saturated heterocycles. The Bertz CT molecular complexity index is 1350. The van der Waals surface area contributed by atoms with Gasteiger partial charge in [0.2, 0.25) is 0 Å². The molecule has 0 spiro atoms. The fraction of sp³-hybridized carbons (Fsp3) is 0.208. The number of benzene rings is 2. The van der Waals surface area contributed by atoms with Crippen LogP contribution in [-0.2, 0) is 19.5 Å². The molecule has 0 bridgehead atoms. The summed E-state index contributed by atoms with van der Waals surface area (Å²) in [5.74, 6) is -2.06. The molecule has 174 valence electrons. The van der Waals surface area contributed by atoms with Gasteiger partial charge >= 0.3 is 11.7 Å². The predicted molar refractivity (Wildman–Crippen MR) is 124 cm³/mol. The van der Waals surface area contributed by atoms with Crippen LogP contribution in [0.3, 0.4) is 0 Å². The number of hydrogen-bond donors (Lipinski definition) is 2. The monoisotopic (exact) mass is 462 g/mol. The van der Waals surface area contributed by atoms with Crippen molar-refractivity contribution in [1.82, 2.24) is 24.5 Å². The first-order valence-corrected chi connectivity index (χ1v) is 10.7. The standard InChI is InChI=1S/C24H23FN6O3/c25-20-14-30(24(34)27-22(20)26)13-17-6-8-18(9-7-17)21-15-31(29-28-21)12-2-1-3-16-4-10-19(11-5-16)23(32)33/h4-11,14-15H,1-3,12-13H2,(H,32,33)(H2,26,27,34). The molecular weight excluding hydrogens is 439 g/mol. The average molecular weight is 462 g/mol. The molecule has 3 N–H and O–H groups in total. The Labute approximate surface area is 194 Å². The van der Waals surface area contributed by atoms with Gasteiger partial charge in [-0.1, -0.05) is 41.6 Å². The molecule has 0 aliphatic rings. The van der Waals surface area contributed by atoms with E-state index in [2.05, 4.69) is 15.3 Å². The highest BCUT2D eigenvalue weighted by atomic mass is 19.1. The summed E-state index contributed by atoms with van der Waals surface area (Å²) in [5.41, 5.74) is 8.51. The minimum absolute atomic E-state index is 0.176. The highest BCUT2D eigenvalue weighted by molar-refractivity contribution is 5.87. The van der Waals surface area contributed by atoms with Crippen molar-refractivity contribution in [3.05, 3.63) is 93.9 Å². The normalized spacial score (nSPS) is 11.0. The van der Waals surface area contributed by atoms with Crippen molar-refractivity contribution in [2.75, 3.05) is 5.73 Å². The van der Waals surface area contributed by atoms with Crippen molar-refractivity contribution in [3.8, 4) is 11.3 Å². The molecule has 0 atom stereocenters. The Hall–Kier alpha value is -4.34. The summed E-state index contributed by atoms with van der Waals surface area (Å²) in [7, 11) is 0. The first-order chi connectivity index (χ1) is 16.4. The van der Waals surface area contributed by atoms with E-state index >= 15 is 0 Å². The highest BCUT2D eigenvalue weighted by Crippen LogP contribution is 2.18. The van der Waals surface area contributed by atoms with Crippen LogP contribution >= 0.6 is 0 Å². The number of carbonyl (C=O) groups is 1. The molecule has 34 heavy (non-hydrogen) atoms. The first kappa shape index (κ1) is 22.8. The van der Waals surface area contributed by atoms with Crippen LogP contribution in [0.2, 0.25) is 0 Å². The van der Waals surface area contributed by atoms with Gasteiger partial charge in [0.05, 0.1) is 18.3 Å². The Kier molecular flexibility index (Phi) is 6.77. The molecule has 10 heteroatoms. The van der Waals surface area contributed by atoms with Crippen molar-refractivity contribution >= 4 is 11.8 Å². The van der Waals surface area contributed by atoms with Gasteiger partial charge in [0.1, 0.15) is 5.69 Å². The number of aromatic nitrogens is 5. The number of aromatic carboxylic acids is 1. The first-order valence-electron chi connectivity index (χ1n) is 10.7. The predicted octanol–water partition coefficient (Wildman–Crippen LogP) is 2.99. The Morgan fingerprint density at radius 2 is 1.71 bits per heavy atom. The zero-order valence-corrected chi connectivity index (χ0v) is 18.3. The van der Waals surface area contributed by atoms with E-state index in [4.69, 9.17) is 10.8 Å². The van der Waals surface area contributed by atoms with Gasteiger partial charge in [0.15, 0.2) is 11.6 Å². The van der Waals surface area contributed by atoms with Crippen LogP contribution in [0, 0.1) is 5.82 Å². The highest BCUT2D eigenvalue weighted by Gasteiger charge is 2.08. The number of nitrogen functional groups attached to an aromatic ring is 1. The molecule has 0 amide bonds. The number of hydrogen-bond acceptors (Lipinski definition) is 6. The number of nitrogens with zero attached hydrogens (tertiary/aromatic N) is 5. The summed E-state index contributed by atoms with van der Waals surface area (Å²) < 4.78 is 16.6. The lowest BCUT2D eigenvalue weighted by atomic mass is 10.1. The zero-order valence-electron chi connectivity index (χ0n) is 18.3. The molecule has 9 nitrogen and oxygen atoms in total. The Morgan fingerprint density at radius 1 is 1.00 bits per heavy atom. The minimum Gasteiger partial charge on any atom is -0.478 e. The SMILES string of the molecule is Nc1nc(=O)n(Cc2ccc(-c3cn(CCCCc4ccc(C(=O)O)cc4)nn3)cc2)cc1F. The molecule has 0 aliphatic carbocycles. The van der Waals surface area contributed by atoms with Crippen LogP contribution in [0.25, 0.3) is 11.3 Å². The van der Waals surface area contributed by atoms with Crippen LogP contribution in [0.15, 0.2) is 65.7 Å². The van der Waals surface area contributed by atoms with E-state index in [1.165, 1.54) is 0 Å². The molecular formula is C24H23FN6O3. The third-order valence-electron chi connectivity index (χ3n) is 5.42. The van der Waals surface area contributed by atoms with Crippen LogP contribution in [-0.4, -0.2) is 35.6 Å². The molecule has 0 aliphatic heterocycles. The molecule has 4 rings (SSSR count). The number of aryl methyl sites for hydroxylation is 2. The van der Waals surface area contributed by atoms with E-state index in [0.29, 0.717) is 0 Å². The largest absolute Gasteiger partial charge is 0.478 e. The number of anilines is 1. The molecule has 0 radical (unpaired) electrons. The van der Waals surface area contributed by atoms with Crippen LogP contribution in [0.5, 0.6) is 0 Å². The maximum atomic E-state index is 13.6. The zero-order chi connectivity index (χ0) is 24.1. The Morgan fingerprint density at radius 3 is 2.41 bits per heavy atom. The second-order valence-corrected chi connectivity index (χ2v) is 7.91. The van der Waals surface area contributed by atoms with Crippen molar-refractivity contribution in [3.63, 3.8) is 0 Å². The van der Waals surface area contributed by atoms with Gasteiger partial charge in [-0.05, 0) is 42.5 Å². The van der Waals surface area contributed by atoms with Crippen LogP contribution in [0.4, 0.5) is 10.2 Å². The summed E-state index contributed by atoms with van der Waals surface area (Å²) in [6.45, 7) is 0.895. The molecule has 0 saturated carbocycles. The van der Waals surface area contributed by atoms with Gasteiger partial charge in [-0.25, -0.2) is 14.0 Å². The number of nitrogens with two attached hydrogens (primary N) is 1. The van der Waals surface area contributed by atoms with Gasteiger partial charge in [-0.2, -0.15) is 4.98 Å². The third-order valence-corrected chi connectivity index (χ3v) is 5.42. The number of halogens is 1. The maximum Gasteiger partial charge on any atom is 0.349 e. The van der Waals surface area contributed by atoms with Gasteiger partial charge < -0.3 is 10.8 Å². The lowest BCUT2D eigenvalue weighted by Gasteiger charge is -2.06. The van der Waals surface area contributed by atoms with E-state index in [-0.39, 0.29) is 12.1 Å². The van der Waals surface area contributed by atoms with Gasteiger partial charge in [-0.3, -0.25) is 9.25 Å². The Balaban J connectivity index is 1.30. The fourth-order valence-electron chi connectivity index (χ4n) is 3.53. The van der Waals surface area contributed by atoms with E-state index in [1.54, 1.807) is 16.8 Å². The third kappa shape index (κ3) is 5.52. The fourth-order valence-corrected chi connectivity index (χ4v) is 3.53. The minimum atomic E-state index is -0.923. The van der Waals surface area contributed by atoms with Crippen molar-refractivity contribution in [2.24, 2.45) is 0 Å². The quantitative estimate of drug-likeness (QED) is 0.366. The summed E-state index contributed by atoms with van der Waals surface area (Å²) in [6, 6.07) is 14.4. The number of carboxylic acid groups (broad SMARTS) is 1. The molecule has 2 heterocycles. The second kappa shape index (κ2) is 10.1. The van der Waals surface area contributed by atoms with E-state index in [9.17, 15) is 14.0 Å². The summed E-state index contributed by atoms with van der Waals surface area (Å²) in [6.07, 6.45) is 5.63. The van der Waals surface area contributed by atoms with E-state index < -0.39 is 23.3 Å². The van der Waals surface area contributed by atoms with Crippen LogP contribution in [0.1, 0.15) is 34.3 Å². The lowest BCUT2D eigenvalue weighted by Crippen LogP contribution is -2.25. The summed E-state index contributed by atoms with van der Waals surface area (Å²) in [4.78, 5) is 26.3. The second-order valence-electron chi connectivity index (χ2n) is 7.91. The topological polar surface area (TPSA) is 129 Å². The van der Waals surface area contributed by atoms with E-state index in [0.717, 1.165) is 59.0 Å². The summed E-state index contributed by atoms with van der Waals surface area (Å²) in [5, 5.41) is 17.4. The van der Waals surface area contributed by atoms with Crippen molar-refractivity contribution < 1.29 is 14.3 Å². The molecule has 4 aromatic rings. The van der Waals surface area contributed by atoms with Gasteiger partial charge in [0.25, 0.3) is 0 Å². The molecule has 0 unspecified atom stereocenters. The molecule has 2 aromatic heterocycles. The van der Waals surface area contributed by atoms with Crippen molar-refractivity contribution in [2.45, 2.75) is 32.4 Å². The smallest absolute Gasteiger partial charge is 0.349 e. The van der Waals surface area contributed by atoms with Gasteiger partial charge in [-0.15, -0.1) is 5.10 Å². The number of rotatable bonds is 9. The van der Waals surface area contributed by atoms with Crippen molar-refractivity contribution in [1.29, 1.82) is 0 Å². The molecule has 2 aromatic carbocycles. The summed E-state index contributed by atoms with van der Waals surface area (Å²) >= 11 is 0. The maximum absolute atomic E-state index is 13.6.